The van der Waals surface area contributed by atoms with Crippen LogP contribution in [0.3, 0.4) is 0 Å². The lowest BCUT2D eigenvalue weighted by atomic mass is 9.99. The lowest BCUT2D eigenvalue weighted by Crippen LogP contribution is -2.44. The molecule has 13 heteroatoms. The minimum atomic E-state index is -3.37. The highest BCUT2D eigenvalue weighted by molar-refractivity contribution is 9.10. The molecule has 43 heavy (non-hydrogen) atoms. The number of primary amides is 1. The van der Waals surface area contributed by atoms with Gasteiger partial charge in [0, 0.05) is 31.9 Å². The molecule has 0 aliphatic carbocycles. The zero-order chi connectivity index (χ0) is 30.8. The Bertz CT molecular complexity index is 1310. The highest BCUT2D eigenvalue weighted by Crippen LogP contribution is 2.28. The van der Waals surface area contributed by atoms with Crippen LogP contribution < -0.4 is 16.4 Å². The molecule has 0 radical (unpaired) electrons. The van der Waals surface area contributed by atoms with E-state index in [4.69, 9.17) is 10.5 Å². The van der Waals surface area contributed by atoms with Gasteiger partial charge in [0.05, 0.1) is 28.1 Å². The van der Waals surface area contributed by atoms with Gasteiger partial charge in [-0.25, -0.2) is 17.7 Å². The van der Waals surface area contributed by atoms with E-state index in [0.717, 1.165) is 30.9 Å². The van der Waals surface area contributed by atoms with Gasteiger partial charge in [0.25, 0.3) is 5.91 Å². The van der Waals surface area contributed by atoms with Crippen LogP contribution in [-0.2, 0) is 14.8 Å². The van der Waals surface area contributed by atoms with Crippen molar-refractivity contribution in [1.82, 2.24) is 19.2 Å². The molecule has 1 aromatic carbocycles. The van der Waals surface area contributed by atoms with Crippen molar-refractivity contribution in [3.05, 3.63) is 40.0 Å². The number of unbranched alkanes of at least 4 members (excludes halogenated alkanes) is 2. The fourth-order valence-electron chi connectivity index (χ4n) is 5.61. The highest BCUT2D eigenvalue weighted by Gasteiger charge is 2.28. The number of hydrogen-bond acceptors (Lipinski definition) is 9. The lowest BCUT2D eigenvalue weighted by molar-refractivity contribution is 0.100. The van der Waals surface area contributed by atoms with Crippen molar-refractivity contribution in [3.8, 4) is 0 Å². The molecule has 0 bridgehead atoms. The number of anilines is 3. The fraction of sp³-hybridized carbons (Fsp3) is 0.633. The number of halogens is 1. The normalized spacial score (nSPS) is 17.7. The molecule has 0 spiro atoms. The number of nitrogens with one attached hydrogen (secondary N) is 2. The number of likely N-dealkylation sites (tertiary alicyclic amines) is 1. The van der Waals surface area contributed by atoms with Crippen LogP contribution in [0, 0.1) is 12.8 Å². The Kier molecular flexibility index (Phi) is 12.6. The second-order valence-electron chi connectivity index (χ2n) is 11.7. The molecule has 2 aliphatic rings. The SMILES string of the molecule is Cc1cccc(Nc2nc(NC3CCN(S(=O)(=O)CCOCCCCCN4CCC(C)CC4)CC3)ncc2Br)c1C(N)=O. The number of aromatic nitrogens is 2. The molecule has 0 saturated carbocycles. The van der Waals surface area contributed by atoms with Gasteiger partial charge in [-0.2, -0.15) is 4.98 Å². The standard InChI is InChI=1S/C30H46BrN7O4S/c1-22-9-14-37(15-10-22)13-4-3-5-18-42-19-20-43(40,41)38-16-11-24(12-17-38)34-30-33-21-25(31)29(36-30)35-26-8-6-7-23(2)27(26)28(32)39/h6-8,21-22,24H,3-5,9-20H2,1-2H3,(H2,32,39)(H2,33,34,35,36). The summed E-state index contributed by atoms with van der Waals surface area (Å²) in [5.41, 5.74) is 7.32. The van der Waals surface area contributed by atoms with Crippen LogP contribution in [0.4, 0.5) is 17.5 Å². The van der Waals surface area contributed by atoms with Gasteiger partial charge >= 0.3 is 0 Å². The van der Waals surface area contributed by atoms with E-state index in [-0.39, 0.29) is 18.4 Å². The molecule has 1 aromatic heterocycles. The van der Waals surface area contributed by atoms with Gasteiger partial charge < -0.3 is 26.0 Å². The van der Waals surface area contributed by atoms with E-state index < -0.39 is 15.9 Å². The third kappa shape index (κ3) is 10.1. The summed E-state index contributed by atoms with van der Waals surface area (Å²) in [6.07, 6.45) is 8.77. The van der Waals surface area contributed by atoms with Crippen LogP contribution >= 0.6 is 15.9 Å². The molecule has 238 valence electrons. The smallest absolute Gasteiger partial charge is 0.251 e. The summed E-state index contributed by atoms with van der Waals surface area (Å²) in [5.74, 6) is 1.25. The first kappa shape index (κ1) is 33.6. The first-order valence-corrected chi connectivity index (χ1v) is 17.8. The number of benzene rings is 1. The van der Waals surface area contributed by atoms with Crippen LogP contribution in [0.25, 0.3) is 0 Å². The van der Waals surface area contributed by atoms with Crippen molar-refractivity contribution in [3.63, 3.8) is 0 Å². The van der Waals surface area contributed by atoms with Crippen LogP contribution in [0.15, 0.2) is 28.9 Å². The monoisotopic (exact) mass is 679 g/mol. The Hall–Kier alpha value is -2.32. The van der Waals surface area contributed by atoms with E-state index in [2.05, 4.69) is 48.4 Å². The van der Waals surface area contributed by atoms with Crippen molar-refractivity contribution in [2.45, 2.75) is 64.8 Å². The first-order chi connectivity index (χ1) is 20.6. The molecule has 11 nitrogen and oxygen atoms in total. The minimum absolute atomic E-state index is 0.00810. The number of sulfonamides is 1. The van der Waals surface area contributed by atoms with Gasteiger partial charge in [-0.15, -0.1) is 0 Å². The number of rotatable bonds is 15. The molecule has 3 heterocycles. The summed E-state index contributed by atoms with van der Waals surface area (Å²) in [4.78, 5) is 23.5. The number of carbonyl (C=O) groups excluding carboxylic acids is 1. The lowest BCUT2D eigenvalue weighted by Gasteiger charge is -2.31. The second-order valence-corrected chi connectivity index (χ2v) is 14.7. The molecule has 2 fully saturated rings. The average Bonchev–Trinajstić information content (AvgIpc) is 2.97. The summed E-state index contributed by atoms with van der Waals surface area (Å²) in [7, 11) is -3.37. The molecule has 2 aliphatic heterocycles. The number of amides is 1. The molecule has 2 saturated heterocycles. The van der Waals surface area contributed by atoms with Crippen molar-refractivity contribution in [2.75, 3.05) is 62.3 Å². The Labute approximate surface area is 264 Å². The van der Waals surface area contributed by atoms with Crippen molar-refractivity contribution < 1.29 is 17.9 Å². The molecular weight excluding hydrogens is 634 g/mol. The molecule has 1 amide bonds. The predicted molar refractivity (Wildman–Crippen MR) is 174 cm³/mol. The number of nitrogens with zero attached hydrogens (tertiary/aromatic N) is 4. The van der Waals surface area contributed by atoms with Crippen LogP contribution in [-0.4, -0.2) is 91.2 Å². The van der Waals surface area contributed by atoms with Crippen LogP contribution in [0.5, 0.6) is 0 Å². The quantitative estimate of drug-likeness (QED) is 0.232. The number of hydrogen-bond donors (Lipinski definition) is 3. The van der Waals surface area contributed by atoms with E-state index in [1.807, 2.05) is 19.1 Å². The average molecular weight is 681 g/mol. The van der Waals surface area contributed by atoms with Gasteiger partial charge in [0.1, 0.15) is 5.82 Å². The zero-order valence-corrected chi connectivity index (χ0v) is 27.8. The second kappa shape index (κ2) is 16.1. The number of aryl methyl sites for hydroxylation is 1. The number of piperidine rings is 2. The maximum Gasteiger partial charge on any atom is 0.251 e. The summed E-state index contributed by atoms with van der Waals surface area (Å²) in [6.45, 7) is 9.45. The summed E-state index contributed by atoms with van der Waals surface area (Å²) >= 11 is 3.46. The van der Waals surface area contributed by atoms with E-state index in [1.54, 1.807) is 16.6 Å². The van der Waals surface area contributed by atoms with Crippen LogP contribution in [0.2, 0.25) is 0 Å². The number of carbonyl (C=O) groups is 1. The van der Waals surface area contributed by atoms with Gasteiger partial charge in [0.15, 0.2) is 0 Å². The fourth-order valence-corrected chi connectivity index (χ4v) is 7.25. The van der Waals surface area contributed by atoms with E-state index in [0.29, 0.717) is 60.0 Å². The first-order valence-electron chi connectivity index (χ1n) is 15.4. The Morgan fingerprint density at radius 3 is 2.56 bits per heavy atom. The Morgan fingerprint density at radius 1 is 1.09 bits per heavy atom. The minimum Gasteiger partial charge on any atom is -0.380 e. The highest BCUT2D eigenvalue weighted by atomic mass is 79.9. The largest absolute Gasteiger partial charge is 0.380 e. The Balaban J connectivity index is 1.16. The topological polar surface area (TPSA) is 143 Å². The third-order valence-corrected chi connectivity index (χ3v) is 10.7. The maximum atomic E-state index is 12.9. The van der Waals surface area contributed by atoms with Crippen molar-refractivity contribution >= 4 is 49.3 Å². The van der Waals surface area contributed by atoms with Gasteiger partial charge in [-0.1, -0.05) is 19.1 Å². The molecular formula is C30H46BrN7O4S. The van der Waals surface area contributed by atoms with E-state index in [9.17, 15) is 13.2 Å². The van der Waals surface area contributed by atoms with Gasteiger partial charge in [0.2, 0.25) is 16.0 Å². The number of nitrogens with two attached hydrogens (primary N) is 1. The zero-order valence-electron chi connectivity index (χ0n) is 25.4. The maximum absolute atomic E-state index is 12.9. The van der Waals surface area contributed by atoms with E-state index >= 15 is 0 Å². The summed E-state index contributed by atoms with van der Waals surface area (Å²) in [6, 6.07) is 5.47. The molecule has 4 N–H and O–H groups in total. The summed E-state index contributed by atoms with van der Waals surface area (Å²) < 4.78 is 33.6. The van der Waals surface area contributed by atoms with Crippen LogP contribution in [0.1, 0.15) is 67.8 Å². The van der Waals surface area contributed by atoms with E-state index in [1.165, 1.54) is 32.4 Å². The molecule has 0 atom stereocenters. The van der Waals surface area contributed by atoms with Crippen molar-refractivity contribution in [2.24, 2.45) is 11.7 Å². The van der Waals surface area contributed by atoms with Crippen molar-refractivity contribution in [1.29, 1.82) is 0 Å². The molecule has 0 unspecified atom stereocenters. The number of ether oxygens (including phenoxy) is 1. The predicted octanol–water partition coefficient (Wildman–Crippen LogP) is 4.51. The molecule has 2 aromatic rings. The Morgan fingerprint density at radius 2 is 1.84 bits per heavy atom. The third-order valence-electron chi connectivity index (χ3n) is 8.32. The summed E-state index contributed by atoms with van der Waals surface area (Å²) in [5, 5.41) is 6.51. The molecule has 4 rings (SSSR count). The van der Waals surface area contributed by atoms with Gasteiger partial charge in [-0.05, 0) is 105 Å². The van der Waals surface area contributed by atoms with Gasteiger partial charge in [-0.3, -0.25) is 4.79 Å².